The number of carbonyl (C=O) groups excluding carboxylic acids is 1. The number of aromatic nitrogens is 2. The summed E-state index contributed by atoms with van der Waals surface area (Å²) in [5.41, 5.74) is 2.02. The fourth-order valence-electron chi connectivity index (χ4n) is 3.33. The minimum Gasteiger partial charge on any atom is -0.493 e. The Morgan fingerprint density at radius 3 is 2.56 bits per heavy atom. The molecule has 2 N–H and O–H groups in total. The minimum absolute atomic E-state index is 0.0631. The molecule has 0 saturated carbocycles. The molecule has 0 atom stereocenters. The molecule has 0 bridgehead atoms. The predicted octanol–water partition coefficient (Wildman–Crippen LogP) is 5.01. The van der Waals surface area contributed by atoms with Crippen molar-refractivity contribution in [3.05, 3.63) is 83.3 Å². The number of amides is 1. The van der Waals surface area contributed by atoms with Crippen LogP contribution in [0, 0.1) is 5.92 Å². The molecule has 4 aromatic rings. The van der Waals surface area contributed by atoms with Gasteiger partial charge in [0.15, 0.2) is 0 Å². The molecule has 0 aliphatic heterocycles. The third-order valence-corrected chi connectivity index (χ3v) is 7.06. The lowest BCUT2D eigenvalue weighted by molar-refractivity contribution is 0.0946. The van der Waals surface area contributed by atoms with Crippen LogP contribution in [0.1, 0.15) is 29.9 Å². The Balaban J connectivity index is 1.45. The quantitative estimate of drug-likeness (QED) is 0.356. The van der Waals surface area contributed by atoms with Gasteiger partial charge in [-0.2, -0.15) is 0 Å². The van der Waals surface area contributed by atoms with Crippen LogP contribution in [-0.4, -0.2) is 30.9 Å². The van der Waals surface area contributed by atoms with Gasteiger partial charge < -0.3 is 15.0 Å². The second-order valence-corrected chi connectivity index (χ2v) is 10.7. The summed E-state index contributed by atoms with van der Waals surface area (Å²) in [6.07, 6.45) is 3.33. The van der Waals surface area contributed by atoms with E-state index in [2.05, 4.69) is 15.3 Å². The molecule has 34 heavy (non-hydrogen) atoms. The van der Waals surface area contributed by atoms with Gasteiger partial charge in [-0.15, -0.1) is 0 Å². The number of ether oxygens (including phenoxy) is 1. The number of hydrogen-bond acceptors (Lipinski definition) is 5. The van der Waals surface area contributed by atoms with E-state index >= 15 is 0 Å². The van der Waals surface area contributed by atoms with E-state index in [1.807, 2.05) is 13.8 Å². The summed E-state index contributed by atoms with van der Waals surface area (Å²) in [5.74, 6) is 0.438. The molecule has 0 unspecified atom stereocenters. The maximum atomic E-state index is 13.1. The van der Waals surface area contributed by atoms with Crippen molar-refractivity contribution in [3.8, 4) is 5.75 Å². The van der Waals surface area contributed by atoms with Gasteiger partial charge in [-0.05, 0) is 53.9 Å². The van der Waals surface area contributed by atoms with Crippen LogP contribution in [0.5, 0.6) is 5.75 Å². The molecule has 1 amide bonds. The molecule has 0 fully saturated rings. The van der Waals surface area contributed by atoms with Crippen molar-refractivity contribution in [2.24, 2.45) is 5.92 Å². The first-order chi connectivity index (χ1) is 16.2. The van der Waals surface area contributed by atoms with Gasteiger partial charge in [0.1, 0.15) is 11.4 Å². The fourth-order valence-corrected chi connectivity index (χ4v) is 4.94. The van der Waals surface area contributed by atoms with Crippen molar-refractivity contribution < 1.29 is 17.9 Å². The Morgan fingerprint density at radius 1 is 1.09 bits per heavy atom. The summed E-state index contributed by atoms with van der Waals surface area (Å²) in [7, 11) is -3.79. The molecular weight excluding hydrogens is 474 g/mol. The summed E-state index contributed by atoms with van der Waals surface area (Å²) < 4.78 is 31.9. The predicted molar refractivity (Wildman–Crippen MR) is 131 cm³/mol. The SMILES string of the molecule is CC(C)COc1cc(Cl)cc(S(=O)(=O)c2ccc(CNC(=O)c3cc4cnccc4[nH]3)cc2)c1. The highest BCUT2D eigenvalue weighted by Crippen LogP contribution is 2.29. The monoisotopic (exact) mass is 497 g/mol. The molecule has 2 aromatic heterocycles. The molecule has 7 nitrogen and oxygen atoms in total. The maximum Gasteiger partial charge on any atom is 0.267 e. The Kier molecular flexibility index (Phi) is 6.90. The number of rotatable bonds is 8. The molecule has 0 aliphatic carbocycles. The van der Waals surface area contributed by atoms with Crippen molar-refractivity contribution in [2.45, 2.75) is 30.2 Å². The van der Waals surface area contributed by atoms with E-state index in [-0.39, 0.29) is 27.3 Å². The van der Waals surface area contributed by atoms with Crippen LogP contribution in [0.25, 0.3) is 10.9 Å². The number of halogens is 1. The van der Waals surface area contributed by atoms with Gasteiger partial charge in [0.05, 0.1) is 16.4 Å². The van der Waals surface area contributed by atoms with Crippen LogP contribution in [0.15, 0.2) is 76.8 Å². The molecule has 4 rings (SSSR count). The smallest absolute Gasteiger partial charge is 0.267 e. The van der Waals surface area contributed by atoms with Gasteiger partial charge in [-0.1, -0.05) is 37.6 Å². The van der Waals surface area contributed by atoms with Crippen molar-refractivity contribution in [3.63, 3.8) is 0 Å². The summed E-state index contributed by atoms with van der Waals surface area (Å²) in [6.45, 7) is 4.71. The van der Waals surface area contributed by atoms with Crippen LogP contribution < -0.4 is 10.1 Å². The zero-order valence-electron chi connectivity index (χ0n) is 18.7. The van der Waals surface area contributed by atoms with Gasteiger partial charge in [0.25, 0.3) is 5.91 Å². The zero-order valence-corrected chi connectivity index (χ0v) is 20.3. The van der Waals surface area contributed by atoms with Gasteiger partial charge in [0.2, 0.25) is 9.84 Å². The van der Waals surface area contributed by atoms with E-state index in [4.69, 9.17) is 16.3 Å². The van der Waals surface area contributed by atoms with E-state index in [1.165, 1.54) is 24.3 Å². The van der Waals surface area contributed by atoms with Crippen LogP contribution in [-0.2, 0) is 16.4 Å². The highest BCUT2D eigenvalue weighted by atomic mass is 35.5. The summed E-state index contributed by atoms with van der Waals surface area (Å²) in [6, 6.07) is 14.4. The second-order valence-electron chi connectivity index (χ2n) is 8.30. The Morgan fingerprint density at radius 2 is 1.85 bits per heavy atom. The number of pyridine rings is 1. The number of sulfone groups is 1. The fraction of sp³-hybridized carbons (Fsp3) is 0.200. The first-order valence-electron chi connectivity index (χ1n) is 10.7. The summed E-state index contributed by atoms with van der Waals surface area (Å²) in [5, 5.41) is 3.96. The Labute approximate surface area is 203 Å². The van der Waals surface area contributed by atoms with E-state index < -0.39 is 9.84 Å². The molecule has 2 heterocycles. The first kappa shape index (κ1) is 23.8. The number of nitrogens with one attached hydrogen (secondary N) is 2. The molecule has 2 aromatic carbocycles. The Hall–Kier alpha value is -3.36. The third kappa shape index (κ3) is 5.40. The topological polar surface area (TPSA) is 101 Å². The Bertz CT molecular complexity index is 1400. The first-order valence-corrected chi connectivity index (χ1v) is 12.6. The van der Waals surface area contributed by atoms with Crippen LogP contribution >= 0.6 is 11.6 Å². The average Bonchev–Trinajstić information content (AvgIpc) is 3.26. The number of nitrogens with zero attached hydrogens (tertiary/aromatic N) is 1. The number of carbonyl (C=O) groups is 1. The molecule has 9 heteroatoms. The van der Waals surface area contributed by atoms with Gasteiger partial charge in [-0.25, -0.2) is 8.42 Å². The number of H-pyrrole nitrogens is 1. The van der Waals surface area contributed by atoms with Crippen molar-refractivity contribution in [2.75, 3.05) is 6.61 Å². The van der Waals surface area contributed by atoms with E-state index in [0.717, 1.165) is 16.5 Å². The normalized spacial score (nSPS) is 11.6. The molecular formula is C25H24ClN3O4S. The van der Waals surface area contributed by atoms with Gasteiger partial charge >= 0.3 is 0 Å². The second kappa shape index (κ2) is 9.87. The number of fused-ring (bicyclic) bond motifs is 1. The lowest BCUT2D eigenvalue weighted by Crippen LogP contribution is -2.23. The molecule has 0 spiro atoms. The van der Waals surface area contributed by atoms with E-state index in [1.54, 1.807) is 42.7 Å². The highest BCUT2D eigenvalue weighted by molar-refractivity contribution is 7.91. The number of benzene rings is 2. The van der Waals surface area contributed by atoms with Crippen LogP contribution in [0.4, 0.5) is 0 Å². The zero-order chi connectivity index (χ0) is 24.3. The number of aromatic amines is 1. The molecule has 0 saturated heterocycles. The summed E-state index contributed by atoms with van der Waals surface area (Å²) in [4.78, 5) is 19.8. The maximum absolute atomic E-state index is 13.1. The van der Waals surface area contributed by atoms with E-state index in [0.29, 0.717) is 24.0 Å². The largest absolute Gasteiger partial charge is 0.493 e. The van der Waals surface area contributed by atoms with Gasteiger partial charge in [-0.3, -0.25) is 9.78 Å². The molecule has 176 valence electrons. The van der Waals surface area contributed by atoms with E-state index in [9.17, 15) is 13.2 Å². The van der Waals surface area contributed by atoms with Gasteiger partial charge in [0, 0.05) is 34.9 Å². The minimum atomic E-state index is -3.79. The van der Waals surface area contributed by atoms with Crippen molar-refractivity contribution in [1.29, 1.82) is 0 Å². The average molecular weight is 498 g/mol. The third-order valence-electron chi connectivity index (χ3n) is 5.09. The van der Waals surface area contributed by atoms with Crippen molar-refractivity contribution in [1.82, 2.24) is 15.3 Å². The van der Waals surface area contributed by atoms with Crippen LogP contribution in [0.3, 0.4) is 0 Å². The lowest BCUT2D eigenvalue weighted by Gasteiger charge is -2.12. The lowest BCUT2D eigenvalue weighted by atomic mass is 10.2. The highest BCUT2D eigenvalue weighted by Gasteiger charge is 2.20. The molecule has 0 radical (unpaired) electrons. The van der Waals surface area contributed by atoms with Crippen LogP contribution in [0.2, 0.25) is 5.02 Å². The van der Waals surface area contributed by atoms with Crippen molar-refractivity contribution >= 4 is 38.2 Å². The molecule has 0 aliphatic rings. The summed E-state index contributed by atoms with van der Waals surface area (Å²) >= 11 is 6.14. The standard InChI is InChI=1S/C25H24ClN3O4S/c1-16(2)15-33-20-10-19(26)11-22(12-20)34(31,32)21-5-3-17(4-6-21)13-28-25(30)24-9-18-14-27-8-7-23(18)29-24/h3-12,14,16,29H,13,15H2,1-2H3,(H,28,30). The number of hydrogen-bond donors (Lipinski definition) is 2.